The standard InChI is InChI=1S/C45H26N4/c1-46-33-20-21-36-39-25-31(19-22-43(39)49(44(36)26-33)34-9-3-2-4-10-34)29-15-16-30-24-32(18-17-28(30)23-29)38-27-42-45(37-12-6-5-11-35(37)38)48-41-14-8-7-13-40(41)47-42/h2-27H. The van der Waals surface area contributed by atoms with Crippen molar-refractivity contribution in [1.29, 1.82) is 0 Å². The van der Waals surface area contributed by atoms with Gasteiger partial charge in [-0.05, 0) is 99.1 Å². The van der Waals surface area contributed by atoms with Crippen molar-refractivity contribution in [2.24, 2.45) is 0 Å². The molecule has 8 aromatic carbocycles. The molecule has 0 aliphatic rings. The fraction of sp³-hybridized carbons (Fsp3) is 0. The van der Waals surface area contributed by atoms with E-state index in [0.717, 1.165) is 66.3 Å². The molecule has 0 amide bonds. The normalized spacial score (nSPS) is 11.7. The molecule has 0 saturated heterocycles. The number of rotatable bonds is 3. The Bertz CT molecular complexity index is 3000. The second kappa shape index (κ2) is 10.6. The van der Waals surface area contributed by atoms with Crippen LogP contribution in [-0.2, 0) is 0 Å². The van der Waals surface area contributed by atoms with Crippen LogP contribution in [0.5, 0.6) is 0 Å². The van der Waals surface area contributed by atoms with E-state index in [0.29, 0.717) is 5.69 Å². The van der Waals surface area contributed by atoms with Crippen molar-refractivity contribution >= 4 is 71.1 Å². The van der Waals surface area contributed by atoms with Crippen LogP contribution in [0.1, 0.15) is 0 Å². The van der Waals surface area contributed by atoms with Crippen molar-refractivity contribution in [3.63, 3.8) is 0 Å². The number of hydrogen-bond acceptors (Lipinski definition) is 2. The molecule has 226 valence electrons. The van der Waals surface area contributed by atoms with Crippen LogP contribution < -0.4 is 0 Å². The van der Waals surface area contributed by atoms with E-state index in [1.54, 1.807) is 0 Å². The molecule has 2 heterocycles. The second-order valence-electron chi connectivity index (χ2n) is 12.5. The van der Waals surface area contributed by atoms with E-state index in [2.05, 4.69) is 125 Å². The molecule has 0 aliphatic carbocycles. The lowest BCUT2D eigenvalue weighted by molar-refractivity contribution is 1.18. The zero-order chi connectivity index (χ0) is 32.5. The molecule has 0 unspecified atom stereocenters. The van der Waals surface area contributed by atoms with Crippen LogP contribution in [0, 0.1) is 6.57 Å². The topological polar surface area (TPSA) is 35.1 Å². The molecule has 0 bridgehead atoms. The summed E-state index contributed by atoms with van der Waals surface area (Å²) in [5.74, 6) is 0. The van der Waals surface area contributed by atoms with Gasteiger partial charge in [0.1, 0.15) is 0 Å². The third kappa shape index (κ3) is 4.30. The highest BCUT2D eigenvalue weighted by Crippen LogP contribution is 2.39. The van der Waals surface area contributed by atoms with E-state index in [1.807, 2.05) is 42.5 Å². The van der Waals surface area contributed by atoms with Gasteiger partial charge in [-0.15, -0.1) is 0 Å². The van der Waals surface area contributed by atoms with Crippen LogP contribution in [0.3, 0.4) is 0 Å². The monoisotopic (exact) mass is 622 g/mol. The molecule has 0 atom stereocenters. The maximum absolute atomic E-state index is 7.61. The van der Waals surface area contributed by atoms with Crippen molar-refractivity contribution in [2.45, 2.75) is 0 Å². The Hall–Kier alpha value is -6.83. The van der Waals surface area contributed by atoms with Crippen LogP contribution in [0.25, 0.3) is 98.2 Å². The summed E-state index contributed by atoms with van der Waals surface area (Å²) < 4.78 is 2.26. The lowest BCUT2D eigenvalue weighted by Gasteiger charge is -2.12. The van der Waals surface area contributed by atoms with E-state index in [1.165, 1.54) is 27.1 Å². The number of fused-ring (bicyclic) bond motifs is 8. The summed E-state index contributed by atoms with van der Waals surface area (Å²) in [4.78, 5) is 13.7. The Kier molecular flexibility index (Phi) is 5.90. The fourth-order valence-corrected chi connectivity index (χ4v) is 7.40. The second-order valence-corrected chi connectivity index (χ2v) is 12.5. The van der Waals surface area contributed by atoms with Gasteiger partial charge in [0.15, 0.2) is 5.69 Å². The molecule has 4 heteroatoms. The number of hydrogen-bond donors (Lipinski definition) is 0. The van der Waals surface area contributed by atoms with Crippen molar-refractivity contribution in [3.05, 3.63) is 169 Å². The number of para-hydroxylation sites is 3. The predicted octanol–water partition coefficient (Wildman–Crippen LogP) is 12.1. The SMILES string of the molecule is [C-]#[N+]c1ccc2c3cc(-c4ccc5cc(-c6cc7nc8ccccc8nc7c7ccccc67)ccc5c4)ccc3n(-c3ccccc3)c2c1. The fourth-order valence-electron chi connectivity index (χ4n) is 7.40. The van der Waals surface area contributed by atoms with E-state index in [4.69, 9.17) is 16.5 Å². The third-order valence-electron chi connectivity index (χ3n) is 9.73. The van der Waals surface area contributed by atoms with Gasteiger partial charge in [0.2, 0.25) is 0 Å². The summed E-state index contributed by atoms with van der Waals surface area (Å²) in [5.41, 5.74) is 12.2. The van der Waals surface area contributed by atoms with Crippen LogP contribution in [0.4, 0.5) is 5.69 Å². The molecular weight excluding hydrogens is 597 g/mol. The Labute approximate surface area is 282 Å². The first kappa shape index (κ1) is 27.3. The Balaban J connectivity index is 1.10. The molecule has 0 spiro atoms. The average Bonchev–Trinajstić information content (AvgIpc) is 3.49. The lowest BCUT2D eigenvalue weighted by Crippen LogP contribution is -1.92. The van der Waals surface area contributed by atoms with Gasteiger partial charge in [-0.3, -0.25) is 0 Å². The minimum atomic E-state index is 0.639. The van der Waals surface area contributed by atoms with Crippen LogP contribution >= 0.6 is 0 Å². The summed E-state index contributed by atoms with van der Waals surface area (Å²) in [5, 5.41) is 6.95. The van der Waals surface area contributed by atoms with Crippen molar-refractivity contribution in [3.8, 4) is 27.9 Å². The zero-order valence-corrected chi connectivity index (χ0v) is 26.3. The predicted molar refractivity (Wildman–Crippen MR) is 204 cm³/mol. The summed E-state index contributed by atoms with van der Waals surface area (Å²) >= 11 is 0. The molecule has 0 radical (unpaired) electrons. The van der Waals surface area contributed by atoms with Gasteiger partial charge in [-0.25, -0.2) is 14.8 Å². The molecule has 2 aromatic heterocycles. The van der Waals surface area contributed by atoms with Gasteiger partial charge in [-0.1, -0.05) is 97.1 Å². The van der Waals surface area contributed by atoms with Crippen LogP contribution in [-0.4, -0.2) is 14.5 Å². The van der Waals surface area contributed by atoms with Crippen LogP contribution in [0.15, 0.2) is 158 Å². The van der Waals surface area contributed by atoms with Gasteiger partial charge in [0.25, 0.3) is 0 Å². The van der Waals surface area contributed by atoms with E-state index >= 15 is 0 Å². The van der Waals surface area contributed by atoms with Crippen molar-refractivity contribution < 1.29 is 0 Å². The third-order valence-corrected chi connectivity index (χ3v) is 9.73. The molecule has 0 N–H and O–H groups in total. The highest BCUT2D eigenvalue weighted by atomic mass is 15.0. The quantitative estimate of drug-likeness (QED) is 0.112. The van der Waals surface area contributed by atoms with Crippen LogP contribution in [0.2, 0.25) is 0 Å². The van der Waals surface area contributed by atoms with Gasteiger partial charge in [0.05, 0.1) is 34.2 Å². The highest BCUT2D eigenvalue weighted by Gasteiger charge is 2.15. The lowest BCUT2D eigenvalue weighted by atomic mass is 9.94. The van der Waals surface area contributed by atoms with Gasteiger partial charge < -0.3 is 4.57 Å². The number of benzene rings is 8. The number of aromatic nitrogens is 3. The van der Waals surface area contributed by atoms with E-state index < -0.39 is 0 Å². The van der Waals surface area contributed by atoms with E-state index in [-0.39, 0.29) is 0 Å². The summed E-state index contributed by atoms with van der Waals surface area (Å²) in [6.07, 6.45) is 0. The van der Waals surface area contributed by atoms with Crippen molar-refractivity contribution in [2.75, 3.05) is 0 Å². The smallest absolute Gasteiger partial charge is 0.189 e. The molecular formula is C45H26N4. The molecule has 0 aliphatic heterocycles. The highest BCUT2D eigenvalue weighted by molar-refractivity contribution is 6.13. The average molecular weight is 623 g/mol. The maximum atomic E-state index is 7.61. The maximum Gasteiger partial charge on any atom is 0.189 e. The first-order valence-corrected chi connectivity index (χ1v) is 16.4. The summed E-state index contributed by atoms with van der Waals surface area (Å²) in [6, 6.07) is 55.3. The molecule has 0 saturated carbocycles. The minimum Gasteiger partial charge on any atom is -0.311 e. The van der Waals surface area contributed by atoms with Gasteiger partial charge >= 0.3 is 0 Å². The van der Waals surface area contributed by atoms with Gasteiger partial charge in [-0.2, -0.15) is 0 Å². The van der Waals surface area contributed by atoms with E-state index in [9.17, 15) is 0 Å². The van der Waals surface area contributed by atoms with Crippen molar-refractivity contribution in [1.82, 2.24) is 14.5 Å². The number of nitrogens with zero attached hydrogens (tertiary/aromatic N) is 4. The molecule has 0 fully saturated rings. The Morgan fingerprint density at radius 1 is 0.449 bits per heavy atom. The molecule has 4 nitrogen and oxygen atoms in total. The minimum absolute atomic E-state index is 0.639. The largest absolute Gasteiger partial charge is 0.311 e. The molecule has 49 heavy (non-hydrogen) atoms. The molecule has 10 rings (SSSR count). The van der Waals surface area contributed by atoms with Gasteiger partial charge in [0, 0.05) is 27.4 Å². The first-order valence-electron chi connectivity index (χ1n) is 16.4. The Morgan fingerprint density at radius 2 is 1.12 bits per heavy atom. The zero-order valence-electron chi connectivity index (χ0n) is 26.3. The summed E-state index contributed by atoms with van der Waals surface area (Å²) in [6.45, 7) is 7.61. The summed E-state index contributed by atoms with van der Waals surface area (Å²) in [7, 11) is 0. The first-order chi connectivity index (χ1) is 24.2. The molecule has 10 aromatic rings. The Morgan fingerprint density at radius 3 is 1.94 bits per heavy atom.